The number of halogens is 1. The second-order valence-corrected chi connectivity index (χ2v) is 5.92. The van der Waals surface area contributed by atoms with Crippen LogP contribution in [-0.2, 0) is 0 Å². The van der Waals surface area contributed by atoms with Gasteiger partial charge in [-0.05, 0) is 52.7 Å². The van der Waals surface area contributed by atoms with Crippen LogP contribution < -0.4 is 20.1 Å². The number of carbonyl (C=O) groups excluding carboxylic acids is 1. The zero-order valence-electron chi connectivity index (χ0n) is 12.9. The highest BCUT2D eigenvalue weighted by Gasteiger charge is 2.25. The predicted molar refractivity (Wildman–Crippen MR) is 92.1 cm³/mol. The van der Waals surface area contributed by atoms with Crippen molar-refractivity contribution in [2.45, 2.75) is 13.1 Å². The van der Waals surface area contributed by atoms with Gasteiger partial charge in [0.05, 0.1) is 23.8 Å². The van der Waals surface area contributed by atoms with E-state index in [1.165, 1.54) is 0 Å². The summed E-state index contributed by atoms with van der Waals surface area (Å²) in [6.07, 6.45) is -0.335. The molecular weight excluding hydrogens is 360 g/mol. The highest BCUT2D eigenvalue weighted by atomic mass is 79.9. The number of rotatable bonds is 4. The van der Waals surface area contributed by atoms with Gasteiger partial charge < -0.3 is 20.1 Å². The SMILES string of the molecule is CCOc1c(Br)cc(C2NC(=O)c3ccccc3N2)cc1OC. The lowest BCUT2D eigenvalue weighted by atomic mass is 10.1. The van der Waals surface area contributed by atoms with E-state index in [1.807, 2.05) is 37.3 Å². The number of carbonyl (C=O) groups is 1. The highest BCUT2D eigenvalue weighted by Crippen LogP contribution is 2.39. The molecule has 0 saturated carbocycles. The Morgan fingerprint density at radius 3 is 2.74 bits per heavy atom. The first kappa shape index (κ1) is 15.7. The Labute approximate surface area is 143 Å². The molecule has 1 atom stereocenters. The molecule has 0 fully saturated rings. The Balaban J connectivity index is 1.97. The van der Waals surface area contributed by atoms with Crippen molar-refractivity contribution in [2.24, 2.45) is 0 Å². The maximum atomic E-state index is 12.3. The third-order valence-corrected chi connectivity index (χ3v) is 4.21. The van der Waals surface area contributed by atoms with Crippen molar-refractivity contribution in [1.29, 1.82) is 0 Å². The molecule has 2 N–H and O–H groups in total. The Hall–Kier alpha value is -2.21. The first-order chi connectivity index (χ1) is 11.1. The number of hydrogen-bond acceptors (Lipinski definition) is 4. The lowest BCUT2D eigenvalue weighted by Crippen LogP contribution is -2.38. The van der Waals surface area contributed by atoms with Gasteiger partial charge in [0.2, 0.25) is 0 Å². The number of benzene rings is 2. The molecule has 6 heteroatoms. The van der Waals surface area contributed by atoms with E-state index < -0.39 is 0 Å². The third kappa shape index (κ3) is 2.99. The van der Waals surface area contributed by atoms with Crippen molar-refractivity contribution in [2.75, 3.05) is 19.0 Å². The molecule has 1 aliphatic heterocycles. The van der Waals surface area contributed by atoms with Gasteiger partial charge in [0.1, 0.15) is 6.17 Å². The average molecular weight is 377 g/mol. The molecule has 0 bridgehead atoms. The first-order valence-corrected chi connectivity index (χ1v) is 8.10. The molecule has 0 aliphatic carbocycles. The van der Waals surface area contributed by atoms with Gasteiger partial charge >= 0.3 is 0 Å². The van der Waals surface area contributed by atoms with Crippen molar-refractivity contribution in [3.05, 3.63) is 52.0 Å². The molecule has 2 aromatic rings. The quantitative estimate of drug-likeness (QED) is 0.853. The molecule has 0 aromatic heterocycles. The van der Waals surface area contributed by atoms with E-state index in [1.54, 1.807) is 13.2 Å². The summed E-state index contributed by atoms with van der Waals surface area (Å²) in [5.74, 6) is 1.17. The Morgan fingerprint density at radius 2 is 2.00 bits per heavy atom. The molecule has 0 radical (unpaired) electrons. The van der Waals surface area contributed by atoms with Gasteiger partial charge in [-0.2, -0.15) is 0 Å². The van der Waals surface area contributed by atoms with E-state index in [9.17, 15) is 4.79 Å². The van der Waals surface area contributed by atoms with E-state index >= 15 is 0 Å². The molecule has 0 spiro atoms. The smallest absolute Gasteiger partial charge is 0.255 e. The van der Waals surface area contributed by atoms with Crippen LogP contribution in [-0.4, -0.2) is 19.6 Å². The minimum absolute atomic E-state index is 0.103. The molecule has 1 heterocycles. The zero-order valence-corrected chi connectivity index (χ0v) is 14.4. The second kappa shape index (κ2) is 6.50. The van der Waals surface area contributed by atoms with Gasteiger partial charge in [-0.25, -0.2) is 0 Å². The lowest BCUT2D eigenvalue weighted by Gasteiger charge is -2.28. The minimum atomic E-state index is -0.335. The molecule has 120 valence electrons. The number of amides is 1. The van der Waals surface area contributed by atoms with Crippen LogP contribution in [0.3, 0.4) is 0 Å². The van der Waals surface area contributed by atoms with E-state index in [0.717, 1.165) is 15.7 Å². The molecule has 1 unspecified atom stereocenters. The third-order valence-electron chi connectivity index (χ3n) is 3.62. The highest BCUT2D eigenvalue weighted by molar-refractivity contribution is 9.10. The summed E-state index contributed by atoms with van der Waals surface area (Å²) in [4.78, 5) is 12.3. The van der Waals surface area contributed by atoms with Crippen LogP contribution in [0.15, 0.2) is 40.9 Å². The van der Waals surface area contributed by atoms with Crippen molar-refractivity contribution < 1.29 is 14.3 Å². The van der Waals surface area contributed by atoms with Crippen LogP contribution in [0.4, 0.5) is 5.69 Å². The standard InChI is InChI=1S/C17H17BrN2O3/c1-3-23-15-12(18)8-10(9-14(15)22-2)16-19-13-7-5-4-6-11(13)17(21)20-16/h4-9,16,19H,3H2,1-2H3,(H,20,21). The summed E-state index contributed by atoms with van der Waals surface area (Å²) in [6, 6.07) is 11.2. The molecule has 23 heavy (non-hydrogen) atoms. The number of para-hydroxylation sites is 1. The largest absolute Gasteiger partial charge is 0.493 e. The van der Waals surface area contributed by atoms with Gasteiger partial charge in [-0.15, -0.1) is 0 Å². The summed E-state index contributed by atoms with van der Waals surface area (Å²) in [7, 11) is 1.59. The van der Waals surface area contributed by atoms with Gasteiger partial charge in [-0.3, -0.25) is 4.79 Å². The number of nitrogens with one attached hydrogen (secondary N) is 2. The number of anilines is 1. The maximum Gasteiger partial charge on any atom is 0.255 e. The van der Waals surface area contributed by atoms with Crippen LogP contribution in [0, 0.1) is 0 Å². The van der Waals surface area contributed by atoms with Gasteiger partial charge in [0, 0.05) is 5.69 Å². The summed E-state index contributed by atoms with van der Waals surface area (Å²) in [5.41, 5.74) is 2.32. The Morgan fingerprint density at radius 1 is 1.22 bits per heavy atom. The monoisotopic (exact) mass is 376 g/mol. The molecule has 1 aliphatic rings. The van der Waals surface area contributed by atoms with E-state index in [0.29, 0.717) is 23.7 Å². The fraction of sp³-hybridized carbons (Fsp3) is 0.235. The fourth-order valence-electron chi connectivity index (χ4n) is 2.56. The number of fused-ring (bicyclic) bond motifs is 1. The van der Waals surface area contributed by atoms with Crippen LogP contribution in [0.2, 0.25) is 0 Å². The fourth-order valence-corrected chi connectivity index (χ4v) is 3.14. The first-order valence-electron chi connectivity index (χ1n) is 7.30. The second-order valence-electron chi connectivity index (χ2n) is 5.06. The van der Waals surface area contributed by atoms with Crippen LogP contribution in [0.1, 0.15) is 29.0 Å². The topological polar surface area (TPSA) is 59.6 Å². The van der Waals surface area contributed by atoms with Crippen LogP contribution in [0.25, 0.3) is 0 Å². The van der Waals surface area contributed by atoms with Gasteiger partial charge in [0.25, 0.3) is 5.91 Å². The number of methoxy groups -OCH3 is 1. The molecule has 0 saturated heterocycles. The Kier molecular flexibility index (Phi) is 4.43. The molecular formula is C17H17BrN2O3. The average Bonchev–Trinajstić information content (AvgIpc) is 2.56. The molecule has 1 amide bonds. The summed E-state index contributed by atoms with van der Waals surface area (Å²) < 4.78 is 11.8. The molecule has 2 aromatic carbocycles. The van der Waals surface area contributed by atoms with Crippen LogP contribution in [0.5, 0.6) is 11.5 Å². The summed E-state index contributed by atoms with van der Waals surface area (Å²) in [6.45, 7) is 2.46. The van der Waals surface area contributed by atoms with Gasteiger partial charge in [-0.1, -0.05) is 12.1 Å². The normalized spacial score (nSPS) is 16.1. The van der Waals surface area contributed by atoms with Crippen molar-refractivity contribution in [3.8, 4) is 11.5 Å². The number of hydrogen-bond donors (Lipinski definition) is 2. The maximum absolute atomic E-state index is 12.3. The summed E-state index contributed by atoms with van der Waals surface area (Å²) >= 11 is 3.51. The molecule has 5 nitrogen and oxygen atoms in total. The molecule has 3 rings (SSSR count). The van der Waals surface area contributed by atoms with Gasteiger partial charge in [0.15, 0.2) is 11.5 Å². The van der Waals surface area contributed by atoms with Crippen molar-refractivity contribution in [3.63, 3.8) is 0 Å². The van der Waals surface area contributed by atoms with Crippen molar-refractivity contribution in [1.82, 2.24) is 5.32 Å². The van der Waals surface area contributed by atoms with E-state index in [4.69, 9.17) is 9.47 Å². The lowest BCUT2D eigenvalue weighted by molar-refractivity contribution is 0.0935. The number of ether oxygens (including phenoxy) is 2. The van der Waals surface area contributed by atoms with Crippen LogP contribution >= 0.6 is 15.9 Å². The summed E-state index contributed by atoms with van der Waals surface area (Å²) in [5, 5.41) is 6.28. The van der Waals surface area contributed by atoms with E-state index in [2.05, 4.69) is 26.6 Å². The zero-order chi connectivity index (χ0) is 16.4. The predicted octanol–water partition coefficient (Wildman–Crippen LogP) is 3.71. The minimum Gasteiger partial charge on any atom is -0.493 e. The van der Waals surface area contributed by atoms with E-state index in [-0.39, 0.29) is 12.1 Å². The Bertz CT molecular complexity index is 749. The van der Waals surface area contributed by atoms with Crippen molar-refractivity contribution >= 4 is 27.5 Å².